The van der Waals surface area contributed by atoms with E-state index in [1.165, 1.54) is 17.3 Å². The second-order valence-corrected chi connectivity index (χ2v) is 9.59. The summed E-state index contributed by atoms with van der Waals surface area (Å²) in [5.41, 5.74) is 1.11. The number of sulfone groups is 1. The summed E-state index contributed by atoms with van der Waals surface area (Å²) in [5.74, 6) is -0.717. The van der Waals surface area contributed by atoms with Gasteiger partial charge >= 0.3 is 0 Å². The maximum atomic E-state index is 12.2. The first-order valence-corrected chi connectivity index (χ1v) is 11.3. The third-order valence-corrected chi connectivity index (χ3v) is 7.33. The molecular weight excluding hydrogens is 394 g/mol. The highest BCUT2D eigenvalue weighted by Crippen LogP contribution is 2.25. The van der Waals surface area contributed by atoms with Gasteiger partial charge in [-0.3, -0.25) is 9.59 Å². The van der Waals surface area contributed by atoms with E-state index in [0.717, 1.165) is 12.8 Å². The van der Waals surface area contributed by atoms with Gasteiger partial charge in [0.05, 0.1) is 11.0 Å². The molecule has 0 saturated heterocycles. The summed E-state index contributed by atoms with van der Waals surface area (Å²) in [4.78, 5) is 28.2. The van der Waals surface area contributed by atoms with Crippen LogP contribution in [0.1, 0.15) is 45.1 Å². The lowest BCUT2D eigenvalue weighted by atomic mass is 10.2. The first-order valence-electron chi connectivity index (χ1n) is 9.61. The van der Waals surface area contributed by atoms with Gasteiger partial charge in [0, 0.05) is 17.8 Å². The molecule has 1 unspecified atom stereocenters. The third kappa shape index (κ3) is 5.63. The van der Waals surface area contributed by atoms with Crippen molar-refractivity contribution in [3.05, 3.63) is 36.9 Å². The van der Waals surface area contributed by atoms with Gasteiger partial charge in [-0.05, 0) is 44.0 Å². The number of benzene rings is 1. The lowest BCUT2D eigenvalue weighted by molar-refractivity contribution is -0.119. The number of nitrogens with zero attached hydrogens (tertiary/aromatic N) is 3. The van der Waals surface area contributed by atoms with Crippen LogP contribution in [0.25, 0.3) is 0 Å². The molecule has 1 fully saturated rings. The number of amides is 2. The van der Waals surface area contributed by atoms with Crippen molar-refractivity contribution in [2.24, 2.45) is 0 Å². The van der Waals surface area contributed by atoms with Gasteiger partial charge in [0.2, 0.25) is 11.8 Å². The Balaban J connectivity index is 1.48. The maximum Gasteiger partial charge on any atom is 0.249 e. The van der Waals surface area contributed by atoms with E-state index >= 15 is 0 Å². The topological polar surface area (TPSA) is 123 Å². The van der Waals surface area contributed by atoms with Gasteiger partial charge in [-0.2, -0.15) is 5.10 Å². The highest BCUT2D eigenvalue weighted by Gasteiger charge is 2.28. The molecule has 0 aliphatic heterocycles. The number of nitrogens with one attached hydrogen (secondary N) is 2. The van der Waals surface area contributed by atoms with Crippen molar-refractivity contribution in [2.75, 3.05) is 16.4 Å². The van der Waals surface area contributed by atoms with Crippen LogP contribution >= 0.6 is 0 Å². The molecule has 2 N–H and O–H groups in total. The second-order valence-electron chi connectivity index (χ2n) is 7.19. The van der Waals surface area contributed by atoms with Gasteiger partial charge in [0.25, 0.3) is 0 Å². The third-order valence-electron chi connectivity index (χ3n) is 5.07. The number of carbonyl (C=O) groups excluding carboxylic acids is 2. The van der Waals surface area contributed by atoms with Gasteiger partial charge in [0.15, 0.2) is 9.84 Å². The van der Waals surface area contributed by atoms with E-state index in [4.69, 9.17) is 0 Å². The lowest BCUT2D eigenvalue weighted by Crippen LogP contribution is -2.24. The molecule has 2 aromatic rings. The Morgan fingerprint density at radius 3 is 2.34 bits per heavy atom. The van der Waals surface area contributed by atoms with Gasteiger partial charge in [0.1, 0.15) is 18.7 Å². The fourth-order valence-corrected chi connectivity index (χ4v) is 5.15. The molecular formula is C19H25N5O4S. The molecule has 156 valence electrons. The zero-order valence-corrected chi connectivity index (χ0v) is 17.1. The van der Waals surface area contributed by atoms with Crippen LogP contribution < -0.4 is 10.6 Å². The Morgan fingerprint density at radius 1 is 1.14 bits per heavy atom. The second kappa shape index (κ2) is 9.17. The summed E-state index contributed by atoms with van der Waals surface area (Å²) in [5, 5.41) is 9.11. The number of carbonyl (C=O) groups is 2. The number of anilines is 2. The monoisotopic (exact) mass is 419 g/mol. The van der Waals surface area contributed by atoms with Crippen molar-refractivity contribution in [2.45, 2.75) is 50.3 Å². The predicted molar refractivity (Wildman–Crippen MR) is 109 cm³/mol. The summed E-state index contributed by atoms with van der Waals surface area (Å²) in [7, 11) is -3.21. The van der Waals surface area contributed by atoms with Gasteiger partial charge < -0.3 is 10.6 Å². The fraction of sp³-hybridized carbons (Fsp3) is 0.474. The molecule has 1 aliphatic rings. The van der Waals surface area contributed by atoms with Crippen molar-refractivity contribution >= 4 is 33.0 Å². The van der Waals surface area contributed by atoms with Crippen LogP contribution in [0.2, 0.25) is 0 Å². The Kier molecular flexibility index (Phi) is 6.63. The molecule has 9 nitrogen and oxygen atoms in total. The molecule has 2 amide bonds. The van der Waals surface area contributed by atoms with Crippen molar-refractivity contribution in [1.29, 1.82) is 0 Å². The van der Waals surface area contributed by atoms with E-state index in [0.29, 0.717) is 24.2 Å². The minimum absolute atomic E-state index is 0.0628. The number of aromatic nitrogens is 3. The molecule has 1 heterocycles. The summed E-state index contributed by atoms with van der Waals surface area (Å²) in [6, 6.07) is 6.12. The molecule has 0 bridgehead atoms. The van der Waals surface area contributed by atoms with Crippen LogP contribution in [0, 0.1) is 0 Å². The van der Waals surface area contributed by atoms with Gasteiger partial charge in [-0.1, -0.05) is 12.8 Å². The largest absolute Gasteiger partial charge is 0.326 e. The Morgan fingerprint density at radius 2 is 1.76 bits per heavy atom. The first-order chi connectivity index (χ1) is 13.8. The normalized spacial score (nSPS) is 15.8. The van der Waals surface area contributed by atoms with E-state index < -0.39 is 15.9 Å². The SMILES string of the molecule is CC(C(=O)Nc1ccc(NC(=O)CCS(=O)(=O)C2CCCC2)cc1)n1cncn1. The van der Waals surface area contributed by atoms with E-state index in [1.54, 1.807) is 31.2 Å². The molecule has 10 heteroatoms. The number of hydrogen-bond acceptors (Lipinski definition) is 6. The minimum Gasteiger partial charge on any atom is -0.326 e. The van der Waals surface area contributed by atoms with E-state index in [1.807, 2.05) is 0 Å². The van der Waals surface area contributed by atoms with Crippen LogP contribution in [0.3, 0.4) is 0 Å². The molecule has 0 spiro atoms. The zero-order chi connectivity index (χ0) is 20.9. The van der Waals surface area contributed by atoms with E-state index in [2.05, 4.69) is 20.7 Å². The Bertz CT molecular complexity index is 935. The van der Waals surface area contributed by atoms with Gasteiger partial charge in [-0.15, -0.1) is 0 Å². The zero-order valence-electron chi connectivity index (χ0n) is 16.2. The Labute approximate surface area is 169 Å². The van der Waals surface area contributed by atoms with Crippen molar-refractivity contribution in [1.82, 2.24) is 14.8 Å². The van der Waals surface area contributed by atoms with Crippen LogP contribution in [-0.4, -0.2) is 46.0 Å². The van der Waals surface area contributed by atoms with Crippen LogP contribution in [0.4, 0.5) is 11.4 Å². The van der Waals surface area contributed by atoms with Crippen LogP contribution in [0.15, 0.2) is 36.9 Å². The van der Waals surface area contributed by atoms with Crippen molar-refractivity contribution in [3.8, 4) is 0 Å². The number of rotatable bonds is 8. The average molecular weight is 420 g/mol. The van der Waals surface area contributed by atoms with E-state index in [9.17, 15) is 18.0 Å². The van der Waals surface area contributed by atoms with Crippen LogP contribution in [-0.2, 0) is 19.4 Å². The molecule has 3 rings (SSSR count). The summed E-state index contributed by atoms with van der Waals surface area (Å²) in [6.45, 7) is 1.71. The minimum atomic E-state index is -3.21. The highest BCUT2D eigenvalue weighted by atomic mass is 32.2. The van der Waals surface area contributed by atoms with E-state index in [-0.39, 0.29) is 29.2 Å². The predicted octanol–water partition coefficient (Wildman–Crippen LogP) is 2.16. The summed E-state index contributed by atoms with van der Waals surface area (Å²) in [6.07, 6.45) is 6.05. The first kappa shape index (κ1) is 21.0. The number of hydrogen-bond donors (Lipinski definition) is 2. The maximum absolute atomic E-state index is 12.2. The molecule has 1 aromatic carbocycles. The quantitative estimate of drug-likeness (QED) is 0.676. The smallest absolute Gasteiger partial charge is 0.249 e. The Hall–Kier alpha value is -2.75. The average Bonchev–Trinajstić information content (AvgIpc) is 3.41. The van der Waals surface area contributed by atoms with Crippen molar-refractivity contribution < 1.29 is 18.0 Å². The summed E-state index contributed by atoms with van der Waals surface area (Å²) < 4.78 is 25.9. The molecule has 0 radical (unpaired) electrons. The fourth-order valence-electron chi connectivity index (χ4n) is 3.29. The molecule has 1 aromatic heterocycles. The highest BCUT2D eigenvalue weighted by molar-refractivity contribution is 7.92. The molecule has 1 saturated carbocycles. The summed E-state index contributed by atoms with van der Waals surface area (Å²) >= 11 is 0. The van der Waals surface area contributed by atoms with Gasteiger partial charge in [-0.25, -0.2) is 18.1 Å². The molecule has 1 atom stereocenters. The van der Waals surface area contributed by atoms with Crippen LogP contribution in [0.5, 0.6) is 0 Å². The molecule has 1 aliphatic carbocycles. The lowest BCUT2D eigenvalue weighted by Gasteiger charge is -2.13. The standard InChI is InChI=1S/C19H25N5O4S/c1-14(24-13-20-12-21-24)19(26)23-16-8-6-15(7-9-16)22-18(25)10-11-29(27,28)17-4-2-3-5-17/h6-9,12-14,17H,2-5,10-11H2,1H3,(H,22,25)(H,23,26). The molecule has 29 heavy (non-hydrogen) atoms. The van der Waals surface area contributed by atoms with Crippen molar-refractivity contribution in [3.63, 3.8) is 0 Å².